The number of rotatable bonds is 15. The van der Waals surface area contributed by atoms with Crippen molar-refractivity contribution in [2.24, 2.45) is 5.73 Å². The second-order valence-corrected chi connectivity index (χ2v) is 16.0. The molecular formula is C50H54N12O7. The van der Waals surface area contributed by atoms with Gasteiger partial charge in [0.15, 0.2) is 23.0 Å². The predicted molar refractivity (Wildman–Crippen MR) is 261 cm³/mol. The number of aromatic nitrogens is 4. The lowest BCUT2D eigenvalue weighted by atomic mass is 10.0. The number of primary amides is 1. The molecule has 6 aromatic rings. The molecule has 19 heteroatoms. The SMILES string of the molecule is COc1ccc(Nc2nc(N3CCC[C@@H](NC(=O)c4ccc(OC)cc4)C3)cnc2C#N)cc1.COc1ccc(Nc2nc(N3CCC[C@@H](NC(=O)c4ccc(OC)cc4)C3)cnc2C(N)=O)cc1. The highest BCUT2D eigenvalue weighted by Gasteiger charge is 2.26. The molecule has 8 rings (SSSR count). The van der Waals surface area contributed by atoms with Crippen LogP contribution in [0.25, 0.3) is 0 Å². The van der Waals surface area contributed by atoms with Crippen molar-refractivity contribution in [1.29, 1.82) is 5.26 Å². The summed E-state index contributed by atoms with van der Waals surface area (Å²) in [7, 11) is 6.38. The number of benzene rings is 4. The molecule has 0 saturated carbocycles. The summed E-state index contributed by atoms with van der Waals surface area (Å²) in [6, 6.07) is 30.6. The molecule has 2 saturated heterocycles. The number of nitrogens with zero attached hydrogens (tertiary/aromatic N) is 7. The highest BCUT2D eigenvalue weighted by molar-refractivity contribution is 5.97. The summed E-state index contributed by atoms with van der Waals surface area (Å²) in [4.78, 5) is 59.3. The van der Waals surface area contributed by atoms with Gasteiger partial charge in [-0.1, -0.05) is 0 Å². The molecule has 4 heterocycles. The van der Waals surface area contributed by atoms with Gasteiger partial charge in [-0.15, -0.1) is 0 Å². The zero-order chi connectivity index (χ0) is 48.7. The minimum absolute atomic E-state index is 0.0289. The fourth-order valence-corrected chi connectivity index (χ4v) is 7.75. The van der Waals surface area contributed by atoms with Gasteiger partial charge in [-0.2, -0.15) is 5.26 Å². The molecule has 6 N–H and O–H groups in total. The van der Waals surface area contributed by atoms with Crippen LogP contribution in [0.5, 0.6) is 23.0 Å². The Kier molecular flexibility index (Phi) is 16.2. The van der Waals surface area contributed by atoms with Gasteiger partial charge in [0.25, 0.3) is 17.7 Å². The van der Waals surface area contributed by atoms with Gasteiger partial charge in [0.2, 0.25) is 0 Å². The van der Waals surface area contributed by atoms with Gasteiger partial charge in [-0.25, -0.2) is 19.9 Å². The molecule has 0 bridgehead atoms. The number of hydrogen-bond acceptors (Lipinski definition) is 16. The first-order chi connectivity index (χ1) is 33.5. The van der Waals surface area contributed by atoms with Crippen molar-refractivity contribution in [3.05, 3.63) is 132 Å². The Labute approximate surface area is 400 Å². The number of nitriles is 1. The first kappa shape index (κ1) is 48.3. The predicted octanol–water partition coefficient (Wildman–Crippen LogP) is 6.24. The smallest absolute Gasteiger partial charge is 0.271 e. The molecule has 19 nitrogen and oxygen atoms in total. The number of carbonyl (C=O) groups excluding carboxylic acids is 3. The summed E-state index contributed by atoms with van der Waals surface area (Å²) >= 11 is 0. The van der Waals surface area contributed by atoms with Crippen LogP contribution in [0.1, 0.15) is 62.6 Å². The minimum atomic E-state index is -0.677. The molecule has 0 spiro atoms. The van der Waals surface area contributed by atoms with Crippen LogP contribution in [-0.4, -0.2) is 104 Å². The molecule has 2 aromatic heterocycles. The van der Waals surface area contributed by atoms with Gasteiger partial charge in [0.1, 0.15) is 40.7 Å². The van der Waals surface area contributed by atoms with Crippen molar-refractivity contribution >= 4 is 52.4 Å². The average Bonchev–Trinajstić information content (AvgIpc) is 3.39. The van der Waals surface area contributed by atoms with E-state index in [-0.39, 0.29) is 41.1 Å². The van der Waals surface area contributed by atoms with Crippen LogP contribution in [0.4, 0.5) is 34.6 Å². The molecule has 0 unspecified atom stereocenters. The van der Waals surface area contributed by atoms with Crippen LogP contribution in [0.15, 0.2) is 109 Å². The van der Waals surface area contributed by atoms with Crippen molar-refractivity contribution in [3.63, 3.8) is 0 Å². The fourth-order valence-electron chi connectivity index (χ4n) is 7.75. The summed E-state index contributed by atoms with van der Waals surface area (Å²) in [5.41, 5.74) is 8.41. The van der Waals surface area contributed by atoms with E-state index in [2.05, 4.69) is 52.2 Å². The highest BCUT2D eigenvalue weighted by atomic mass is 16.5. The maximum atomic E-state index is 12.7. The minimum Gasteiger partial charge on any atom is -0.497 e. The number of ether oxygens (including phenoxy) is 4. The Hall–Kier alpha value is -8.66. The lowest BCUT2D eigenvalue weighted by Gasteiger charge is -2.34. The lowest BCUT2D eigenvalue weighted by Crippen LogP contribution is -2.48. The monoisotopic (exact) mass is 934 g/mol. The molecule has 2 aliphatic heterocycles. The topological polar surface area (TPSA) is 244 Å². The molecule has 69 heavy (non-hydrogen) atoms. The molecule has 0 radical (unpaired) electrons. The molecule has 2 fully saturated rings. The molecule has 0 aliphatic carbocycles. The van der Waals surface area contributed by atoms with E-state index < -0.39 is 5.91 Å². The van der Waals surface area contributed by atoms with E-state index in [9.17, 15) is 19.6 Å². The van der Waals surface area contributed by atoms with Crippen LogP contribution >= 0.6 is 0 Å². The average molecular weight is 935 g/mol. The number of amides is 3. The van der Waals surface area contributed by atoms with E-state index in [1.165, 1.54) is 6.20 Å². The largest absolute Gasteiger partial charge is 0.497 e. The van der Waals surface area contributed by atoms with E-state index >= 15 is 0 Å². The third kappa shape index (κ3) is 12.8. The Bertz CT molecular complexity index is 2740. The second-order valence-electron chi connectivity index (χ2n) is 16.0. The van der Waals surface area contributed by atoms with Crippen molar-refractivity contribution in [3.8, 4) is 29.1 Å². The highest BCUT2D eigenvalue weighted by Crippen LogP contribution is 2.27. The number of piperidine rings is 2. The van der Waals surface area contributed by atoms with Gasteiger partial charge in [-0.05, 0) is 123 Å². The van der Waals surface area contributed by atoms with Crippen molar-refractivity contribution in [1.82, 2.24) is 30.6 Å². The molecular weight excluding hydrogens is 881 g/mol. The molecule has 2 atom stereocenters. The Morgan fingerprint density at radius 3 is 1.39 bits per heavy atom. The van der Waals surface area contributed by atoms with E-state index in [1.807, 2.05) is 41.3 Å². The third-order valence-corrected chi connectivity index (χ3v) is 11.4. The zero-order valence-corrected chi connectivity index (χ0v) is 38.8. The molecule has 4 aromatic carbocycles. The number of anilines is 6. The Morgan fingerprint density at radius 2 is 0.986 bits per heavy atom. The van der Waals surface area contributed by atoms with Crippen molar-refractivity contribution in [2.75, 3.05) is 75.1 Å². The third-order valence-electron chi connectivity index (χ3n) is 11.4. The van der Waals surface area contributed by atoms with Gasteiger partial charge in [0, 0.05) is 60.8 Å². The van der Waals surface area contributed by atoms with Crippen LogP contribution < -0.4 is 55.7 Å². The fraction of sp³-hybridized carbons (Fsp3) is 0.280. The van der Waals surface area contributed by atoms with Crippen molar-refractivity contribution in [2.45, 2.75) is 37.8 Å². The molecule has 3 amide bonds. The van der Waals surface area contributed by atoms with Crippen molar-refractivity contribution < 1.29 is 33.3 Å². The second kappa shape index (κ2) is 23.2. The summed E-state index contributed by atoms with van der Waals surface area (Å²) in [6.07, 6.45) is 6.63. The van der Waals surface area contributed by atoms with E-state index in [4.69, 9.17) is 24.7 Å². The van der Waals surface area contributed by atoms with E-state index in [0.717, 1.165) is 50.2 Å². The normalized spacial score (nSPS) is 15.2. The van der Waals surface area contributed by atoms with Crippen LogP contribution in [0, 0.1) is 11.3 Å². The van der Waals surface area contributed by atoms with Crippen LogP contribution in [0.3, 0.4) is 0 Å². The Balaban J connectivity index is 0.000000204. The quantitative estimate of drug-likeness (QED) is 0.0765. The van der Waals surface area contributed by atoms with E-state index in [0.29, 0.717) is 64.6 Å². The lowest BCUT2D eigenvalue weighted by molar-refractivity contribution is 0.0924. The number of methoxy groups -OCH3 is 4. The van der Waals surface area contributed by atoms with Gasteiger partial charge >= 0.3 is 0 Å². The number of nitrogens with two attached hydrogens (primary N) is 1. The van der Waals surface area contributed by atoms with Crippen LogP contribution in [0.2, 0.25) is 0 Å². The number of carbonyl (C=O) groups is 3. The van der Waals surface area contributed by atoms with Crippen LogP contribution in [-0.2, 0) is 0 Å². The van der Waals surface area contributed by atoms with Gasteiger partial charge in [0.05, 0.1) is 40.8 Å². The number of hydrogen-bond donors (Lipinski definition) is 5. The molecule has 356 valence electrons. The standard InChI is InChI=1S/C25H28N6O4.C25H26N6O3/c1-34-19-9-5-16(6-10-19)25(33)29-18-4-3-13-31(15-18)21-14-27-22(23(26)32)24(30-21)28-17-7-11-20(35-2)12-8-17;1-33-20-9-5-17(6-10-20)25(32)29-19-4-3-13-31(16-19)23-15-27-22(14-26)24(30-23)28-18-7-11-21(34-2)12-8-18/h5-12,14,18H,3-4,13,15H2,1-2H3,(H2,26,32)(H,28,30)(H,29,33);5-12,15,19H,3-4,13,16H2,1-2H3,(H,28,30)(H,29,32)/t18-;19-/m11/s1. The maximum absolute atomic E-state index is 12.7. The van der Waals surface area contributed by atoms with E-state index in [1.54, 1.807) is 95.3 Å². The summed E-state index contributed by atoms with van der Waals surface area (Å²) in [5.74, 6) is 3.80. The summed E-state index contributed by atoms with van der Waals surface area (Å²) in [6.45, 7) is 2.71. The van der Waals surface area contributed by atoms with Gasteiger partial charge < -0.3 is 55.7 Å². The Morgan fingerprint density at radius 1 is 0.594 bits per heavy atom. The zero-order valence-electron chi connectivity index (χ0n) is 38.8. The van der Waals surface area contributed by atoms with Gasteiger partial charge in [-0.3, -0.25) is 14.4 Å². The summed E-state index contributed by atoms with van der Waals surface area (Å²) in [5, 5.41) is 22.0. The summed E-state index contributed by atoms with van der Waals surface area (Å²) < 4.78 is 20.7. The first-order valence-electron chi connectivity index (χ1n) is 22.2. The number of nitrogens with one attached hydrogen (secondary N) is 4. The first-order valence-corrected chi connectivity index (χ1v) is 22.2. The molecule has 2 aliphatic rings. The maximum Gasteiger partial charge on any atom is 0.271 e.